The zero-order valence-corrected chi connectivity index (χ0v) is 14.5. The SMILES string of the molecule is O=C1[C@@H](N2C[C@]34C[C@]23CN4c2cccc(C(F)F)n2)[C@@]12CCC1(CC1)C2. The van der Waals surface area contributed by atoms with Gasteiger partial charge >= 0.3 is 0 Å². The summed E-state index contributed by atoms with van der Waals surface area (Å²) < 4.78 is 25.9. The third-order valence-corrected chi connectivity index (χ3v) is 8.74. The lowest BCUT2D eigenvalue weighted by atomic mass is 9.84. The second kappa shape index (κ2) is 3.84. The second-order valence-corrected chi connectivity index (χ2v) is 9.78. The maximum Gasteiger partial charge on any atom is 0.280 e. The first-order valence-electron chi connectivity index (χ1n) is 9.79. The number of Topliss-reactive ketones (excluding diaryl/α,β-unsaturated/α-hetero) is 1. The standard InChI is InChI=1S/C20H21F2N3O/c21-16(22)12-2-1-3-13(23-12)24-10-20-9-19(20,24)11-25(20)14-15(26)18(14)7-6-17(8-18)4-5-17/h1-3,14,16H,4-11H2/t14-,18+,19-,20-/m1/s1. The number of likely N-dealkylation sites (tertiary alicyclic amines) is 1. The van der Waals surface area contributed by atoms with Gasteiger partial charge in [-0.1, -0.05) is 6.07 Å². The molecule has 0 radical (unpaired) electrons. The molecule has 2 saturated heterocycles. The highest BCUT2D eigenvalue weighted by atomic mass is 19.3. The zero-order valence-electron chi connectivity index (χ0n) is 14.5. The predicted octanol–water partition coefficient (Wildman–Crippen LogP) is 2.94. The Kier molecular flexibility index (Phi) is 2.14. The Morgan fingerprint density at radius 1 is 1.08 bits per heavy atom. The smallest absolute Gasteiger partial charge is 0.280 e. The highest BCUT2D eigenvalue weighted by Crippen LogP contribution is 2.78. The van der Waals surface area contributed by atoms with Crippen LogP contribution in [0.3, 0.4) is 0 Å². The van der Waals surface area contributed by atoms with Crippen molar-refractivity contribution in [1.82, 2.24) is 9.88 Å². The van der Waals surface area contributed by atoms with Crippen LogP contribution in [0.2, 0.25) is 0 Å². The minimum Gasteiger partial charge on any atom is -0.346 e. The largest absolute Gasteiger partial charge is 0.346 e. The average Bonchev–Trinajstić information content (AvgIpc) is 3.48. The summed E-state index contributed by atoms with van der Waals surface area (Å²) in [6.45, 7) is 1.73. The van der Waals surface area contributed by atoms with Crippen LogP contribution in [-0.2, 0) is 4.79 Å². The van der Waals surface area contributed by atoms with Gasteiger partial charge in [-0.3, -0.25) is 9.69 Å². The fraction of sp³-hybridized carbons (Fsp3) is 0.700. The first-order valence-corrected chi connectivity index (χ1v) is 9.79. The molecule has 136 valence electrons. The first kappa shape index (κ1) is 14.5. The average molecular weight is 357 g/mol. The van der Waals surface area contributed by atoms with Gasteiger partial charge in [0.1, 0.15) is 11.5 Å². The molecule has 6 fully saturated rings. The van der Waals surface area contributed by atoms with Crippen LogP contribution in [0, 0.1) is 10.8 Å². The lowest BCUT2D eigenvalue weighted by Gasteiger charge is -2.62. The molecule has 4 aliphatic carbocycles. The van der Waals surface area contributed by atoms with Crippen LogP contribution in [0.15, 0.2) is 18.2 Å². The van der Waals surface area contributed by atoms with Crippen LogP contribution in [0.25, 0.3) is 0 Å². The Morgan fingerprint density at radius 2 is 1.88 bits per heavy atom. The molecule has 0 N–H and O–H groups in total. The van der Waals surface area contributed by atoms with Crippen molar-refractivity contribution in [3.63, 3.8) is 0 Å². The minimum atomic E-state index is -2.53. The Labute approximate surface area is 150 Å². The molecule has 7 rings (SSSR count). The number of hydrogen-bond acceptors (Lipinski definition) is 4. The van der Waals surface area contributed by atoms with Gasteiger partial charge in [-0.15, -0.1) is 0 Å². The van der Waals surface area contributed by atoms with Crippen LogP contribution in [0.4, 0.5) is 14.6 Å². The van der Waals surface area contributed by atoms with Gasteiger partial charge in [0, 0.05) is 13.1 Å². The number of rotatable bonds is 3. The van der Waals surface area contributed by atoms with Crippen molar-refractivity contribution in [2.75, 3.05) is 18.0 Å². The summed E-state index contributed by atoms with van der Waals surface area (Å²) in [7, 11) is 0. The number of halogens is 2. The molecule has 0 bridgehead atoms. The van der Waals surface area contributed by atoms with E-state index < -0.39 is 6.43 Å². The van der Waals surface area contributed by atoms with Gasteiger partial charge in [0.05, 0.1) is 22.5 Å². The Hall–Kier alpha value is -1.56. The number of anilines is 1. The van der Waals surface area contributed by atoms with E-state index in [0.29, 0.717) is 17.0 Å². The van der Waals surface area contributed by atoms with Crippen molar-refractivity contribution in [3.05, 3.63) is 23.9 Å². The van der Waals surface area contributed by atoms with E-state index in [1.54, 1.807) is 6.07 Å². The molecule has 1 aromatic rings. The maximum absolute atomic E-state index is 13.0. The molecule has 3 heterocycles. The van der Waals surface area contributed by atoms with Gasteiger partial charge < -0.3 is 4.90 Å². The number of alkyl halides is 2. The van der Waals surface area contributed by atoms with E-state index in [0.717, 1.165) is 32.4 Å². The highest BCUT2D eigenvalue weighted by molar-refractivity contribution is 6.08. The fourth-order valence-electron chi connectivity index (χ4n) is 6.94. The lowest BCUT2D eigenvalue weighted by molar-refractivity contribution is -0.115. The lowest BCUT2D eigenvalue weighted by Crippen LogP contribution is -2.80. The van der Waals surface area contributed by atoms with E-state index in [1.807, 2.05) is 6.07 Å². The summed E-state index contributed by atoms with van der Waals surface area (Å²) in [5, 5.41) is 0. The van der Waals surface area contributed by atoms with Gasteiger partial charge in [0.15, 0.2) is 5.78 Å². The van der Waals surface area contributed by atoms with E-state index in [2.05, 4.69) is 14.8 Å². The maximum atomic E-state index is 13.0. The Balaban J connectivity index is 1.12. The fourth-order valence-corrected chi connectivity index (χ4v) is 6.94. The predicted molar refractivity (Wildman–Crippen MR) is 90.1 cm³/mol. The molecule has 0 aromatic carbocycles. The molecule has 4 atom stereocenters. The summed E-state index contributed by atoms with van der Waals surface area (Å²) >= 11 is 0. The van der Waals surface area contributed by atoms with Crippen molar-refractivity contribution >= 4 is 11.6 Å². The number of pyridine rings is 1. The molecule has 6 aliphatic rings. The summed E-state index contributed by atoms with van der Waals surface area (Å²) in [5.74, 6) is 1.16. The van der Waals surface area contributed by atoms with Crippen LogP contribution in [0.1, 0.15) is 50.6 Å². The zero-order chi connectivity index (χ0) is 17.5. The number of ketones is 1. The summed E-state index contributed by atoms with van der Waals surface area (Å²) in [6.07, 6.45) is 4.65. The minimum absolute atomic E-state index is 0.0196. The molecule has 0 amide bonds. The molecule has 26 heavy (non-hydrogen) atoms. The molecule has 6 heteroatoms. The Morgan fingerprint density at radius 3 is 2.54 bits per heavy atom. The summed E-state index contributed by atoms with van der Waals surface area (Å²) in [4.78, 5) is 21.6. The van der Waals surface area contributed by atoms with E-state index in [1.165, 1.54) is 25.3 Å². The van der Waals surface area contributed by atoms with Crippen LogP contribution in [0.5, 0.6) is 0 Å². The van der Waals surface area contributed by atoms with Crippen molar-refractivity contribution in [2.45, 2.75) is 62.1 Å². The highest BCUT2D eigenvalue weighted by Gasteiger charge is 2.92. The topological polar surface area (TPSA) is 36.4 Å². The second-order valence-electron chi connectivity index (χ2n) is 9.78. The van der Waals surface area contributed by atoms with Gasteiger partial charge in [0.25, 0.3) is 6.43 Å². The van der Waals surface area contributed by atoms with Crippen molar-refractivity contribution in [3.8, 4) is 0 Å². The number of carbonyl (C=O) groups excluding carboxylic acids is 1. The van der Waals surface area contributed by atoms with Crippen molar-refractivity contribution < 1.29 is 13.6 Å². The number of nitrogens with zero attached hydrogens (tertiary/aromatic N) is 3. The van der Waals surface area contributed by atoms with E-state index in [4.69, 9.17) is 0 Å². The normalized spacial score (nSPS) is 46.2. The molecule has 0 unspecified atom stereocenters. The van der Waals surface area contributed by atoms with Crippen LogP contribution in [-0.4, -0.2) is 45.9 Å². The number of piperazine rings is 1. The van der Waals surface area contributed by atoms with Crippen LogP contribution >= 0.6 is 0 Å². The number of aromatic nitrogens is 1. The van der Waals surface area contributed by atoms with E-state index in [9.17, 15) is 13.6 Å². The van der Waals surface area contributed by atoms with Gasteiger partial charge in [-0.25, -0.2) is 13.8 Å². The quantitative estimate of drug-likeness (QED) is 0.833. The molecule has 4 saturated carbocycles. The summed E-state index contributed by atoms with van der Waals surface area (Å²) in [6, 6.07) is 5.05. The Bertz CT molecular complexity index is 886. The van der Waals surface area contributed by atoms with E-state index in [-0.39, 0.29) is 28.2 Å². The molecule has 1 aromatic heterocycles. The van der Waals surface area contributed by atoms with Crippen molar-refractivity contribution in [1.29, 1.82) is 0 Å². The molecular formula is C20H21F2N3O. The van der Waals surface area contributed by atoms with Crippen LogP contribution < -0.4 is 4.90 Å². The van der Waals surface area contributed by atoms with Crippen molar-refractivity contribution in [2.24, 2.45) is 10.8 Å². The molecule has 2 aliphatic heterocycles. The van der Waals surface area contributed by atoms with E-state index >= 15 is 0 Å². The molecule has 4 nitrogen and oxygen atoms in total. The van der Waals surface area contributed by atoms with Gasteiger partial charge in [0.2, 0.25) is 0 Å². The molecule has 2 spiro atoms. The monoisotopic (exact) mass is 357 g/mol. The third-order valence-electron chi connectivity index (χ3n) is 8.74. The molecular weight excluding hydrogens is 336 g/mol. The number of hydrogen-bond donors (Lipinski definition) is 0. The summed E-state index contributed by atoms with van der Waals surface area (Å²) in [5.41, 5.74) is 0.567. The van der Waals surface area contributed by atoms with Gasteiger partial charge in [-0.2, -0.15) is 0 Å². The first-order chi connectivity index (χ1) is 12.5. The number of carbonyl (C=O) groups is 1. The van der Waals surface area contributed by atoms with Gasteiger partial charge in [-0.05, 0) is 56.1 Å². The third kappa shape index (κ3) is 1.35.